The fourth-order valence-electron chi connectivity index (χ4n) is 6.82. The Balaban J connectivity index is 1.74. The monoisotopic (exact) mass is 420 g/mol. The third kappa shape index (κ3) is 4.80. The van der Waals surface area contributed by atoms with Gasteiger partial charge in [-0.1, -0.05) is 63.5 Å². The van der Waals surface area contributed by atoms with Gasteiger partial charge in [0, 0.05) is 8.22 Å². The molecule has 3 fully saturated rings. The molecule has 0 radical (unpaired) electrons. The maximum Gasteiger partial charge on any atom is 0.0591 e. The summed E-state index contributed by atoms with van der Waals surface area (Å²) in [5.41, 5.74) is 1.30. The number of aliphatic hydroxyl groups is 2. The van der Waals surface area contributed by atoms with Gasteiger partial charge in [-0.3, -0.25) is 0 Å². The first-order chi connectivity index (χ1) is 16.5. The lowest BCUT2D eigenvalue weighted by molar-refractivity contribution is 0.0299. The molecule has 3 unspecified atom stereocenters. The van der Waals surface area contributed by atoms with E-state index in [1.165, 1.54) is 5.57 Å². The largest absolute Gasteiger partial charge is 0.393 e. The van der Waals surface area contributed by atoms with Crippen molar-refractivity contribution < 1.29 is 18.4 Å². The normalized spacial score (nSPS) is 42.6. The minimum atomic E-state index is -2.95. The Morgan fingerprint density at radius 1 is 1.23 bits per heavy atom. The van der Waals surface area contributed by atoms with E-state index < -0.39 is 19.3 Å². The maximum absolute atomic E-state index is 10.6. The lowest BCUT2D eigenvalue weighted by Crippen LogP contribution is -2.43. The predicted octanol–water partition coefficient (Wildman–Crippen LogP) is 7.12. The molecular formula is C28H46O2. The van der Waals surface area contributed by atoms with Gasteiger partial charge in [-0.25, -0.2) is 0 Å². The number of aliphatic hydroxyl groups excluding tert-OH is 1. The van der Waals surface area contributed by atoms with Crippen LogP contribution in [0, 0.1) is 22.7 Å². The van der Waals surface area contributed by atoms with Crippen LogP contribution in [0.5, 0.6) is 0 Å². The van der Waals surface area contributed by atoms with E-state index in [1.807, 2.05) is 0 Å². The van der Waals surface area contributed by atoms with Crippen LogP contribution in [-0.2, 0) is 0 Å². The van der Waals surface area contributed by atoms with E-state index in [-0.39, 0.29) is 23.4 Å². The second-order valence-corrected chi connectivity index (χ2v) is 10.9. The van der Waals surface area contributed by atoms with E-state index in [2.05, 4.69) is 39.5 Å². The number of rotatable bonds is 6. The average molecular weight is 421 g/mol. The first-order valence-electron chi connectivity index (χ1n) is 14.9. The highest BCUT2D eigenvalue weighted by atomic mass is 16.3. The summed E-state index contributed by atoms with van der Waals surface area (Å²) in [5, 5.41) is 20.7. The standard InChI is InChI=1S/C28H46O2/c1-20-11-14-24(29)19-22(20)12-13-23-10-8-17-28(6)25(15-18-27(23,28)5)21(2)9-7-16-26(3,4)30/h12-13,21,24-25,29-30H,1,7-11,14-19H2,2-6H3/t21?,24?,25?,27-,28+/m0/s1/i3D3,4D3. The van der Waals surface area contributed by atoms with E-state index in [9.17, 15) is 10.2 Å². The fraction of sp³-hybridized carbons (Fsp3) is 0.786. The Morgan fingerprint density at radius 3 is 2.73 bits per heavy atom. The van der Waals surface area contributed by atoms with Gasteiger partial charge in [0.2, 0.25) is 0 Å². The van der Waals surface area contributed by atoms with Crippen LogP contribution in [-0.4, -0.2) is 21.9 Å². The maximum atomic E-state index is 10.6. The molecular weight excluding hydrogens is 368 g/mol. The van der Waals surface area contributed by atoms with Gasteiger partial charge in [-0.2, -0.15) is 0 Å². The summed E-state index contributed by atoms with van der Waals surface area (Å²) in [5.74, 6) is 0.763. The van der Waals surface area contributed by atoms with E-state index in [1.54, 1.807) is 0 Å². The molecule has 30 heavy (non-hydrogen) atoms. The van der Waals surface area contributed by atoms with Gasteiger partial charge < -0.3 is 10.2 Å². The van der Waals surface area contributed by atoms with E-state index >= 15 is 0 Å². The molecule has 0 aliphatic heterocycles. The minimum Gasteiger partial charge on any atom is -0.393 e. The SMILES string of the molecule is [2H]C([2H])([2H])C(O)(CCCC(C)C1CC[C@@]2(C)C(=CC=C3CC(O)CCC3=C)CCC[C@]12C)C([2H])([2H])[2H]. The molecule has 0 bridgehead atoms. The Kier molecular flexibility index (Phi) is 4.99. The van der Waals surface area contributed by atoms with Crippen molar-refractivity contribution in [1.82, 2.24) is 0 Å². The van der Waals surface area contributed by atoms with Gasteiger partial charge in [0.05, 0.1) is 11.7 Å². The zero-order valence-corrected chi connectivity index (χ0v) is 19.3. The molecule has 0 aromatic heterocycles. The van der Waals surface area contributed by atoms with Crippen LogP contribution in [0.4, 0.5) is 0 Å². The molecule has 0 heterocycles. The summed E-state index contributed by atoms with van der Waals surface area (Å²) in [4.78, 5) is 0. The van der Waals surface area contributed by atoms with Gasteiger partial charge in [0.25, 0.3) is 0 Å². The molecule has 3 rings (SSSR count). The van der Waals surface area contributed by atoms with Crippen molar-refractivity contribution in [3.8, 4) is 0 Å². The summed E-state index contributed by atoms with van der Waals surface area (Å²) >= 11 is 0. The fourth-order valence-corrected chi connectivity index (χ4v) is 6.82. The van der Waals surface area contributed by atoms with E-state index in [0.29, 0.717) is 31.1 Å². The Morgan fingerprint density at radius 2 is 2.00 bits per heavy atom. The van der Waals surface area contributed by atoms with Crippen molar-refractivity contribution in [2.24, 2.45) is 22.7 Å². The first kappa shape index (κ1) is 16.7. The van der Waals surface area contributed by atoms with Gasteiger partial charge in [0.1, 0.15) is 0 Å². The molecule has 170 valence electrons. The quantitative estimate of drug-likeness (QED) is 0.480. The van der Waals surface area contributed by atoms with Gasteiger partial charge in [-0.05, 0) is 99.7 Å². The third-order valence-electron chi connectivity index (χ3n) is 8.94. The van der Waals surface area contributed by atoms with Gasteiger partial charge in [-0.15, -0.1) is 0 Å². The summed E-state index contributed by atoms with van der Waals surface area (Å²) in [6.07, 6.45) is 12.9. The molecule has 0 saturated heterocycles. The minimum absolute atomic E-state index is 0.0774. The molecule has 3 aliphatic rings. The third-order valence-corrected chi connectivity index (χ3v) is 8.94. The number of hydrogen-bond acceptors (Lipinski definition) is 2. The lowest BCUT2D eigenvalue weighted by atomic mass is 9.53. The van der Waals surface area contributed by atoms with Crippen LogP contribution in [0.25, 0.3) is 0 Å². The van der Waals surface area contributed by atoms with Crippen LogP contribution in [0.1, 0.15) is 113 Å². The second-order valence-electron chi connectivity index (χ2n) is 10.9. The Bertz CT molecular complexity index is 871. The van der Waals surface area contributed by atoms with E-state index in [4.69, 9.17) is 8.22 Å². The Hall–Kier alpha value is -0.860. The van der Waals surface area contributed by atoms with Crippen LogP contribution >= 0.6 is 0 Å². The summed E-state index contributed by atoms with van der Waals surface area (Å²) in [6, 6.07) is 0. The second kappa shape index (κ2) is 8.94. The van der Waals surface area contributed by atoms with E-state index in [0.717, 1.165) is 56.1 Å². The topological polar surface area (TPSA) is 40.5 Å². The van der Waals surface area contributed by atoms with Crippen molar-refractivity contribution in [3.05, 3.63) is 35.5 Å². The molecule has 5 atom stereocenters. The summed E-state index contributed by atoms with van der Waals surface area (Å²) in [7, 11) is 0. The Labute approximate surface area is 194 Å². The molecule has 0 spiro atoms. The molecule has 3 aliphatic carbocycles. The average Bonchev–Trinajstić information content (AvgIpc) is 3.04. The highest BCUT2D eigenvalue weighted by Gasteiger charge is 2.57. The van der Waals surface area contributed by atoms with Crippen molar-refractivity contribution in [2.45, 2.75) is 117 Å². The van der Waals surface area contributed by atoms with Crippen molar-refractivity contribution >= 4 is 0 Å². The number of hydrogen-bond donors (Lipinski definition) is 2. The molecule has 2 N–H and O–H groups in total. The van der Waals surface area contributed by atoms with Gasteiger partial charge >= 0.3 is 0 Å². The smallest absolute Gasteiger partial charge is 0.0591 e. The highest BCUT2D eigenvalue weighted by Crippen LogP contribution is 2.67. The van der Waals surface area contributed by atoms with Crippen molar-refractivity contribution in [1.29, 1.82) is 0 Å². The number of fused-ring (bicyclic) bond motifs is 1. The lowest BCUT2D eigenvalue weighted by Gasteiger charge is -2.51. The molecule has 0 aromatic carbocycles. The van der Waals surface area contributed by atoms with Crippen LogP contribution in [0.2, 0.25) is 0 Å². The predicted molar refractivity (Wildman–Crippen MR) is 127 cm³/mol. The summed E-state index contributed by atoms with van der Waals surface area (Å²) < 4.78 is 45.7. The van der Waals surface area contributed by atoms with Gasteiger partial charge in [0.15, 0.2) is 0 Å². The summed E-state index contributed by atoms with van der Waals surface area (Å²) in [6.45, 7) is 5.32. The zero-order chi connectivity index (χ0) is 27.2. The van der Waals surface area contributed by atoms with Crippen molar-refractivity contribution in [3.63, 3.8) is 0 Å². The first-order valence-corrected chi connectivity index (χ1v) is 11.9. The molecule has 0 aromatic rings. The molecule has 2 heteroatoms. The molecule has 3 saturated carbocycles. The molecule has 2 nitrogen and oxygen atoms in total. The zero-order valence-electron chi connectivity index (χ0n) is 25.3. The number of allylic oxidation sites excluding steroid dienone is 4. The van der Waals surface area contributed by atoms with Crippen LogP contribution in [0.3, 0.4) is 0 Å². The van der Waals surface area contributed by atoms with Crippen LogP contribution < -0.4 is 0 Å². The van der Waals surface area contributed by atoms with Crippen molar-refractivity contribution in [2.75, 3.05) is 0 Å². The van der Waals surface area contributed by atoms with Crippen LogP contribution in [0.15, 0.2) is 35.5 Å². The highest BCUT2D eigenvalue weighted by molar-refractivity contribution is 5.37. The molecule has 0 amide bonds.